The van der Waals surface area contributed by atoms with Gasteiger partial charge in [0.1, 0.15) is 0 Å². The van der Waals surface area contributed by atoms with Crippen LogP contribution in [0.15, 0.2) is 30.6 Å². The molecule has 0 aliphatic heterocycles. The summed E-state index contributed by atoms with van der Waals surface area (Å²) in [6.45, 7) is 1.97. The van der Waals surface area contributed by atoms with Crippen LogP contribution in [-0.4, -0.2) is 15.0 Å². The zero-order chi connectivity index (χ0) is 9.26. The standard InChI is InChI=1S/C9H8ClN3/c1-7-2-3-8(6-9(7)10)13-5-4-11-12-13/h2-6H,1H3. The lowest BCUT2D eigenvalue weighted by molar-refractivity contribution is 0.803. The fourth-order valence-electron chi connectivity index (χ4n) is 1.07. The normalized spacial score (nSPS) is 10.3. The second-order valence-electron chi connectivity index (χ2n) is 2.78. The van der Waals surface area contributed by atoms with Crippen molar-refractivity contribution < 1.29 is 0 Å². The first kappa shape index (κ1) is 8.26. The summed E-state index contributed by atoms with van der Waals surface area (Å²) in [5.41, 5.74) is 1.98. The molecule has 0 fully saturated rings. The maximum Gasteiger partial charge on any atom is 0.0697 e. The summed E-state index contributed by atoms with van der Waals surface area (Å²) >= 11 is 5.97. The van der Waals surface area contributed by atoms with Crippen molar-refractivity contribution in [1.82, 2.24) is 15.0 Å². The minimum atomic E-state index is 0.744. The molecular weight excluding hydrogens is 186 g/mol. The van der Waals surface area contributed by atoms with Crippen LogP contribution < -0.4 is 0 Å². The maximum absolute atomic E-state index is 5.97. The molecular formula is C9H8ClN3. The molecule has 66 valence electrons. The Morgan fingerprint density at radius 1 is 1.38 bits per heavy atom. The van der Waals surface area contributed by atoms with Crippen molar-refractivity contribution in [3.63, 3.8) is 0 Å². The van der Waals surface area contributed by atoms with Gasteiger partial charge in [0, 0.05) is 5.02 Å². The lowest BCUT2D eigenvalue weighted by atomic mass is 10.2. The zero-order valence-electron chi connectivity index (χ0n) is 7.11. The second kappa shape index (κ2) is 3.18. The molecule has 0 aliphatic rings. The Morgan fingerprint density at radius 3 is 2.85 bits per heavy atom. The van der Waals surface area contributed by atoms with Crippen LogP contribution in [0.2, 0.25) is 5.02 Å². The Labute approximate surface area is 81.0 Å². The maximum atomic E-state index is 5.97. The Morgan fingerprint density at radius 2 is 2.23 bits per heavy atom. The molecule has 1 aromatic carbocycles. The molecule has 2 rings (SSSR count). The summed E-state index contributed by atoms with van der Waals surface area (Å²) in [6, 6.07) is 5.78. The Bertz CT molecular complexity index is 409. The van der Waals surface area contributed by atoms with Gasteiger partial charge in [0.05, 0.1) is 18.1 Å². The van der Waals surface area contributed by atoms with Gasteiger partial charge in [-0.15, -0.1) is 5.10 Å². The lowest BCUT2D eigenvalue weighted by Crippen LogP contribution is -1.94. The quantitative estimate of drug-likeness (QED) is 0.696. The van der Waals surface area contributed by atoms with Gasteiger partial charge in [-0.25, -0.2) is 4.68 Å². The lowest BCUT2D eigenvalue weighted by Gasteiger charge is -2.02. The minimum absolute atomic E-state index is 0.744. The Kier molecular flexibility index (Phi) is 2.02. The van der Waals surface area contributed by atoms with E-state index < -0.39 is 0 Å². The number of rotatable bonds is 1. The van der Waals surface area contributed by atoms with Gasteiger partial charge in [-0.1, -0.05) is 22.9 Å². The van der Waals surface area contributed by atoms with Gasteiger partial charge >= 0.3 is 0 Å². The van der Waals surface area contributed by atoms with Crippen molar-refractivity contribution in [1.29, 1.82) is 0 Å². The first-order valence-corrected chi connectivity index (χ1v) is 4.28. The number of nitrogens with zero attached hydrogens (tertiary/aromatic N) is 3. The fourth-order valence-corrected chi connectivity index (χ4v) is 1.24. The van der Waals surface area contributed by atoms with Crippen LogP contribution in [0.25, 0.3) is 5.69 Å². The molecule has 0 aliphatic carbocycles. The van der Waals surface area contributed by atoms with Crippen LogP contribution in [0.5, 0.6) is 0 Å². The molecule has 0 radical (unpaired) electrons. The van der Waals surface area contributed by atoms with Crippen LogP contribution in [0.3, 0.4) is 0 Å². The fraction of sp³-hybridized carbons (Fsp3) is 0.111. The van der Waals surface area contributed by atoms with Crippen molar-refractivity contribution in [2.75, 3.05) is 0 Å². The summed E-state index contributed by atoms with van der Waals surface area (Å²) in [5.74, 6) is 0. The van der Waals surface area contributed by atoms with Crippen LogP contribution in [0.1, 0.15) is 5.56 Å². The summed E-state index contributed by atoms with van der Waals surface area (Å²) < 4.78 is 1.67. The summed E-state index contributed by atoms with van der Waals surface area (Å²) in [6.07, 6.45) is 3.41. The number of aromatic nitrogens is 3. The van der Waals surface area contributed by atoms with Gasteiger partial charge in [-0.05, 0) is 24.6 Å². The first-order valence-electron chi connectivity index (χ1n) is 3.90. The molecule has 0 spiro atoms. The van der Waals surface area contributed by atoms with Gasteiger partial charge in [-0.3, -0.25) is 0 Å². The topological polar surface area (TPSA) is 30.7 Å². The zero-order valence-corrected chi connectivity index (χ0v) is 7.86. The van der Waals surface area contributed by atoms with Crippen LogP contribution in [-0.2, 0) is 0 Å². The minimum Gasteiger partial charge on any atom is -0.221 e. The van der Waals surface area contributed by atoms with Gasteiger partial charge in [0.15, 0.2) is 0 Å². The molecule has 2 aromatic rings. The molecule has 0 saturated carbocycles. The van der Waals surface area contributed by atoms with Crippen molar-refractivity contribution in [3.05, 3.63) is 41.2 Å². The summed E-state index contributed by atoms with van der Waals surface area (Å²) in [5, 5.41) is 8.33. The molecule has 0 saturated heterocycles. The number of hydrogen-bond donors (Lipinski definition) is 0. The third-order valence-electron chi connectivity index (χ3n) is 1.84. The summed E-state index contributed by atoms with van der Waals surface area (Å²) in [7, 11) is 0. The van der Waals surface area contributed by atoms with Crippen LogP contribution in [0.4, 0.5) is 0 Å². The second-order valence-corrected chi connectivity index (χ2v) is 3.19. The molecule has 13 heavy (non-hydrogen) atoms. The third kappa shape index (κ3) is 1.55. The van der Waals surface area contributed by atoms with E-state index in [1.54, 1.807) is 17.1 Å². The van der Waals surface area contributed by atoms with Crippen LogP contribution in [0, 0.1) is 6.92 Å². The van der Waals surface area contributed by atoms with E-state index in [-0.39, 0.29) is 0 Å². The number of aryl methyl sites for hydroxylation is 1. The van der Waals surface area contributed by atoms with Gasteiger partial charge in [0.2, 0.25) is 0 Å². The van der Waals surface area contributed by atoms with Gasteiger partial charge in [-0.2, -0.15) is 0 Å². The van der Waals surface area contributed by atoms with Crippen molar-refractivity contribution in [3.8, 4) is 5.69 Å². The molecule has 1 aromatic heterocycles. The average molecular weight is 194 g/mol. The van der Waals surface area contributed by atoms with E-state index in [1.807, 2.05) is 25.1 Å². The predicted molar refractivity (Wildman–Crippen MR) is 51.1 cm³/mol. The highest BCUT2D eigenvalue weighted by Gasteiger charge is 1.99. The van der Waals surface area contributed by atoms with E-state index in [4.69, 9.17) is 11.6 Å². The van der Waals surface area contributed by atoms with E-state index in [1.165, 1.54) is 0 Å². The third-order valence-corrected chi connectivity index (χ3v) is 2.25. The highest BCUT2D eigenvalue weighted by Crippen LogP contribution is 2.18. The number of benzene rings is 1. The van der Waals surface area contributed by atoms with Crippen molar-refractivity contribution in [2.24, 2.45) is 0 Å². The molecule has 0 unspecified atom stereocenters. The smallest absolute Gasteiger partial charge is 0.0697 e. The van der Waals surface area contributed by atoms with E-state index in [0.29, 0.717) is 0 Å². The highest BCUT2D eigenvalue weighted by molar-refractivity contribution is 6.31. The highest BCUT2D eigenvalue weighted by atomic mass is 35.5. The van der Waals surface area contributed by atoms with Gasteiger partial charge < -0.3 is 0 Å². The van der Waals surface area contributed by atoms with Crippen molar-refractivity contribution >= 4 is 11.6 Å². The largest absolute Gasteiger partial charge is 0.221 e. The Balaban J connectivity index is 2.49. The molecule has 3 nitrogen and oxygen atoms in total. The monoisotopic (exact) mass is 193 g/mol. The first-order chi connectivity index (χ1) is 6.27. The van der Waals surface area contributed by atoms with E-state index >= 15 is 0 Å². The molecule has 0 amide bonds. The van der Waals surface area contributed by atoms with E-state index in [9.17, 15) is 0 Å². The van der Waals surface area contributed by atoms with Crippen LogP contribution >= 0.6 is 11.6 Å². The number of hydrogen-bond acceptors (Lipinski definition) is 2. The van der Waals surface area contributed by atoms with E-state index in [2.05, 4.69) is 10.3 Å². The summed E-state index contributed by atoms with van der Waals surface area (Å²) in [4.78, 5) is 0. The molecule has 0 bridgehead atoms. The molecule has 1 heterocycles. The Hall–Kier alpha value is -1.35. The molecule has 0 N–H and O–H groups in total. The van der Waals surface area contributed by atoms with Gasteiger partial charge in [0.25, 0.3) is 0 Å². The van der Waals surface area contributed by atoms with Crippen molar-refractivity contribution in [2.45, 2.75) is 6.92 Å². The average Bonchev–Trinajstić information content (AvgIpc) is 2.62. The molecule has 0 atom stereocenters. The van der Waals surface area contributed by atoms with E-state index in [0.717, 1.165) is 16.3 Å². The predicted octanol–water partition coefficient (Wildman–Crippen LogP) is 2.23. The molecule has 4 heteroatoms. The number of halogens is 1. The SMILES string of the molecule is Cc1ccc(-n2ccnn2)cc1Cl.